The van der Waals surface area contributed by atoms with Gasteiger partial charge in [0, 0.05) is 11.8 Å². The molecule has 20 heavy (non-hydrogen) atoms. The Bertz CT molecular complexity index is 450. The summed E-state index contributed by atoms with van der Waals surface area (Å²) >= 11 is 11.5. The predicted molar refractivity (Wildman–Crippen MR) is 89.1 cm³/mol. The molecule has 0 fully saturated rings. The van der Waals surface area contributed by atoms with Crippen LogP contribution in [-0.4, -0.2) is 11.8 Å². The molecule has 0 aliphatic carbocycles. The fourth-order valence-corrected chi connectivity index (χ4v) is 2.69. The lowest BCUT2D eigenvalue weighted by atomic mass is 10.0. The molecule has 0 nitrogen and oxygen atoms in total. The van der Waals surface area contributed by atoms with Crippen molar-refractivity contribution in [2.45, 2.75) is 25.7 Å². The first-order valence-corrected chi connectivity index (χ1v) is 8.16. The molecule has 2 rings (SSSR count). The Balaban J connectivity index is 1.87. The van der Waals surface area contributed by atoms with Crippen molar-refractivity contribution in [2.24, 2.45) is 0 Å². The molecule has 0 aliphatic heterocycles. The van der Waals surface area contributed by atoms with Crippen LogP contribution in [0.3, 0.4) is 0 Å². The standard InChI is InChI=1S/C18H20Cl2/c19-13-11-17-7-3-15(4-8-17)1-2-16-5-9-18(10-6-16)12-14-20/h3-10H,1-2,11-14H2. The first-order chi connectivity index (χ1) is 9.81. The first kappa shape index (κ1) is 15.4. The van der Waals surface area contributed by atoms with E-state index >= 15 is 0 Å². The highest BCUT2D eigenvalue weighted by molar-refractivity contribution is 6.18. The van der Waals surface area contributed by atoms with Crippen molar-refractivity contribution in [1.82, 2.24) is 0 Å². The van der Waals surface area contributed by atoms with E-state index in [9.17, 15) is 0 Å². The van der Waals surface area contributed by atoms with Crippen LogP contribution in [0.25, 0.3) is 0 Å². The Kier molecular flexibility index (Phi) is 6.42. The summed E-state index contributed by atoms with van der Waals surface area (Å²) in [5.41, 5.74) is 5.39. The summed E-state index contributed by atoms with van der Waals surface area (Å²) in [4.78, 5) is 0. The Hall–Kier alpha value is -0.980. The fourth-order valence-electron chi connectivity index (χ4n) is 2.25. The van der Waals surface area contributed by atoms with Crippen LogP contribution in [0, 0.1) is 0 Å². The van der Waals surface area contributed by atoms with Crippen molar-refractivity contribution in [3.63, 3.8) is 0 Å². The van der Waals surface area contributed by atoms with Crippen LogP contribution in [0.5, 0.6) is 0 Å². The van der Waals surface area contributed by atoms with Crippen LogP contribution in [0.4, 0.5) is 0 Å². The van der Waals surface area contributed by atoms with E-state index in [0.717, 1.165) is 25.7 Å². The van der Waals surface area contributed by atoms with Crippen LogP contribution in [0.2, 0.25) is 0 Å². The Labute approximate surface area is 131 Å². The van der Waals surface area contributed by atoms with E-state index in [2.05, 4.69) is 48.5 Å². The molecule has 0 saturated carbocycles. The van der Waals surface area contributed by atoms with E-state index in [1.165, 1.54) is 22.3 Å². The van der Waals surface area contributed by atoms with Gasteiger partial charge in [0.25, 0.3) is 0 Å². The second-order valence-electron chi connectivity index (χ2n) is 5.01. The average Bonchev–Trinajstić information content (AvgIpc) is 2.49. The van der Waals surface area contributed by atoms with Crippen molar-refractivity contribution in [1.29, 1.82) is 0 Å². The van der Waals surface area contributed by atoms with Gasteiger partial charge in [-0.15, -0.1) is 23.2 Å². The van der Waals surface area contributed by atoms with Crippen molar-refractivity contribution < 1.29 is 0 Å². The van der Waals surface area contributed by atoms with Gasteiger partial charge in [0.15, 0.2) is 0 Å². The number of hydrogen-bond donors (Lipinski definition) is 0. The van der Waals surface area contributed by atoms with Crippen molar-refractivity contribution in [2.75, 3.05) is 11.8 Å². The van der Waals surface area contributed by atoms with Gasteiger partial charge in [-0.05, 0) is 47.9 Å². The van der Waals surface area contributed by atoms with E-state index < -0.39 is 0 Å². The Morgan fingerprint density at radius 2 is 0.700 bits per heavy atom. The number of hydrogen-bond acceptors (Lipinski definition) is 0. The molecule has 0 amide bonds. The van der Waals surface area contributed by atoms with Gasteiger partial charge in [0.05, 0.1) is 0 Å². The Morgan fingerprint density at radius 1 is 0.450 bits per heavy atom. The summed E-state index contributed by atoms with van der Waals surface area (Å²) in [7, 11) is 0. The highest BCUT2D eigenvalue weighted by Crippen LogP contribution is 2.11. The third-order valence-electron chi connectivity index (χ3n) is 3.51. The highest BCUT2D eigenvalue weighted by Gasteiger charge is 1.98. The topological polar surface area (TPSA) is 0 Å². The lowest BCUT2D eigenvalue weighted by Crippen LogP contribution is -1.94. The lowest BCUT2D eigenvalue weighted by Gasteiger charge is -2.05. The number of alkyl halides is 2. The molecule has 0 N–H and O–H groups in total. The maximum absolute atomic E-state index is 5.74. The van der Waals surface area contributed by atoms with Crippen molar-refractivity contribution in [3.8, 4) is 0 Å². The zero-order valence-electron chi connectivity index (χ0n) is 11.6. The molecule has 0 bridgehead atoms. The summed E-state index contributed by atoms with van der Waals surface area (Å²) in [5.74, 6) is 1.38. The molecule has 106 valence electrons. The third kappa shape index (κ3) is 4.85. The van der Waals surface area contributed by atoms with Gasteiger partial charge in [0.1, 0.15) is 0 Å². The molecular weight excluding hydrogens is 287 g/mol. The first-order valence-electron chi connectivity index (χ1n) is 7.09. The van der Waals surface area contributed by atoms with Crippen LogP contribution in [-0.2, 0) is 25.7 Å². The number of rotatable bonds is 7. The second-order valence-corrected chi connectivity index (χ2v) is 5.77. The maximum Gasteiger partial charge on any atom is 0.0263 e. The van der Waals surface area contributed by atoms with E-state index in [1.807, 2.05) is 0 Å². The molecule has 0 spiro atoms. The largest absolute Gasteiger partial charge is 0.126 e. The van der Waals surface area contributed by atoms with Gasteiger partial charge in [-0.3, -0.25) is 0 Å². The zero-order chi connectivity index (χ0) is 14.2. The summed E-state index contributed by atoms with van der Waals surface area (Å²) < 4.78 is 0. The van der Waals surface area contributed by atoms with E-state index in [1.54, 1.807) is 0 Å². The predicted octanol–water partition coefficient (Wildman–Crippen LogP) is 5.03. The zero-order valence-corrected chi connectivity index (χ0v) is 13.1. The molecule has 0 aromatic heterocycles. The van der Waals surface area contributed by atoms with Crippen molar-refractivity contribution >= 4 is 23.2 Å². The number of halogens is 2. The third-order valence-corrected chi connectivity index (χ3v) is 3.89. The van der Waals surface area contributed by atoms with Gasteiger partial charge in [-0.1, -0.05) is 48.5 Å². The molecule has 2 aromatic carbocycles. The molecule has 0 heterocycles. The normalized spacial score (nSPS) is 10.7. The van der Waals surface area contributed by atoms with Crippen LogP contribution >= 0.6 is 23.2 Å². The van der Waals surface area contributed by atoms with Gasteiger partial charge < -0.3 is 0 Å². The molecule has 0 saturated heterocycles. The van der Waals surface area contributed by atoms with Gasteiger partial charge in [-0.25, -0.2) is 0 Å². The van der Waals surface area contributed by atoms with Crippen LogP contribution in [0.15, 0.2) is 48.5 Å². The summed E-state index contributed by atoms with van der Waals surface area (Å²) in [6.07, 6.45) is 4.06. The molecule has 0 aliphatic rings. The molecule has 0 atom stereocenters. The minimum Gasteiger partial charge on any atom is -0.126 e. The molecule has 2 heteroatoms. The molecule has 0 unspecified atom stereocenters. The van der Waals surface area contributed by atoms with Crippen molar-refractivity contribution in [3.05, 3.63) is 70.8 Å². The monoisotopic (exact) mass is 306 g/mol. The van der Waals surface area contributed by atoms with E-state index in [4.69, 9.17) is 23.2 Å². The van der Waals surface area contributed by atoms with E-state index in [0.29, 0.717) is 11.8 Å². The number of aryl methyl sites for hydroxylation is 4. The lowest BCUT2D eigenvalue weighted by molar-refractivity contribution is 0.954. The van der Waals surface area contributed by atoms with Crippen LogP contribution in [0.1, 0.15) is 22.3 Å². The summed E-state index contributed by atoms with van der Waals surface area (Å²) in [6, 6.07) is 17.6. The minimum absolute atomic E-state index is 0.688. The second kappa shape index (κ2) is 8.34. The van der Waals surface area contributed by atoms with Gasteiger partial charge >= 0.3 is 0 Å². The van der Waals surface area contributed by atoms with Gasteiger partial charge in [0.2, 0.25) is 0 Å². The average molecular weight is 307 g/mol. The molecule has 0 radical (unpaired) electrons. The molecular formula is C18H20Cl2. The summed E-state index contributed by atoms with van der Waals surface area (Å²) in [5, 5.41) is 0. The Morgan fingerprint density at radius 3 is 0.950 bits per heavy atom. The van der Waals surface area contributed by atoms with Gasteiger partial charge in [-0.2, -0.15) is 0 Å². The number of benzene rings is 2. The quantitative estimate of drug-likeness (QED) is 0.629. The minimum atomic E-state index is 0.688. The highest BCUT2D eigenvalue weighted by atomic mass is 35.5. The smallest absolute Gasteiger partial charge is 0.0263 e. The molecule has 2 aromatic rings. The fraction of sp³-hybridized carbons (Fsp3) is 0.333. The van der Waals surface area contributed by atoms with E-state index in [-0.39, 0.29) is 0 Å². The maximum atomic E-state index is 5.74. The summed E-state index contributed by atoms with van der Waals surface area (Å²) in [6.45, 7) is 0. The van der Waals surface area contributed by atoms with Crippen LogP contribution < -0.4 is 0 Å². The SMILES string of the molecule is ClCCc1ccc(CCc2ccc(CCCl)cc2)cc1.